The summed E-state index contributed by atoms with van der Waals surface area (Å²) in [6, 6.07) is 12.9. The molecule has 0 unspecified atom stereocenters. The Balaban J connectivity index is 1.94. The van der Waals surface area contributed by atoms with Gasteiger partial charge >= 0.3 is 6.01 Å². The van der Waals surface area contributed by atoms with Gasteiger partial charge in [0.15, 0.2) is 11.6 Å². The molecule has 1 heterocycles. The predicted molar refractivity (Wildman–Crippen MR) is 127 cm³/mol. The molecule has 0 aliphatic carbocycles. The molecule has 0 bridgehead atoms. The molecular formula is C25H29ClN4O2. The molecule has 0 saturated heterocycles. The second-order valence-corrected chi connectivity index (χ2v) is 9.20. The Bertz CT molecular complexity index is 1130. The van der Waals surface area contributed by atoms with E-state index in [1.165, 1.54) is 0 Å². The Labute approximate surface area is 194 Å². The van der Waals surface area contributed by atoms with Crippen LogP contribution in [0, 0.1) is 5.41 Å². The molecule has 0 spiro atoms. The van der Waals surface area contributed by atoms with Gasteiger partial charge < -0.3 is 10.4 Å². The maximum absolute atomic E-state index is 12.4. The summed E-state index contributed by atoms with van der Waals surface area (Å²) in [5.41, 5.74) is 2.92. The molecule has 7 heteroatoms. The molecule has 1 amide bonds. The van der Waals surface area contributed by atoms with E-state index in [1.807, 2.05) is 57.2 Å². The predicted octanol–water partition coefficient (Wildman–Crippen LogP) is 5.74. The number of benzene rings is 2. The summed E-state index contributed by atoms with van der Waals surface area (Å²) in [6.07, 6.45) is 0.746. The number of nitrogens with zero attached hydrogens (tertiary/aromatic N) is 3. The Hall–Kier alpha value is -2.99. The number of aromatic nitrogens is 3. The molecule has 0 aliphatic heterocycles. The average molecular weight is 453 g/mol. The highest BCUT2D eigenvalue weighted by Crippen LogP contribution is 2.30. The molecule has 3 aromatic rings. The fourth-order valence-electron chi connectivity index (χ4n) is 3.09. The standard InChI is InChI=1S/C25H29ClN4O2/c1-6-25(4,5)23(31)27-14-16-10-11-20(26)19(12-16)22-28-21(29-24(32)30-22)18-9-7-8-17(13-18)15(2)3/h7-13,15H,6,14H2,1-5H3,(H,27,31)(H,28,29,30,32). The van der Waals surface area contributed by atoms with E-state index in [-0.39, 0.29) is 17.7 Å². The topological polar surface area (TPSA) is 88.0 Å². The summed E-state index contributed by atoms with van der Waals surface area (Å²) in [5, 5.41) is 13.6. The van der Waals surface area contributed by atoms with E-state index < -0.39 is 5.41 Å². The lowest BCUT2D eigenvalue weighted by Crippen LogP contribution is -2.35. The summed E-state index contributed by atoms with van der Waals surface area (Å²) >= 11 is 6.44. The van der Waals surface area contributed by atoms with Gasteiger partial charge in [-0.3, -0.25) is 4.79 Å². The molecule has 6 nitrogen and oxygen atoms in total. The fourth-order valence-corrected chi connectivity index (χ4v) is 3.29. The Morgan fingerprint density at radius 1 is 1.09 bits per heavy atom. The van der Waals surface area contributed by atoms with Crippen LogP contribution in [0.2, 0.25) is 5.02 Å². The van der Waals surface area contributed by atoms with Gasteiger partial charge in [0, 0.05) is 23.1 Å². The first-order valence-corrected chi connectivity index (χ1v) is 11.1. The summed E-state index contributed by atoms with van der Waals surface area (Å²) in [4.78, 5) is 25.2. The van der Waals surface area contributed by atoms with Crippen LogP contribution < -0.4 is 5.32 Å². The third-order valence-electron chi connectivity index (χ3n) is 5.66. The summed E-state index contributed by atoms with van der Waals surface area (Å²) in [6.45, 7) is 10.4. The maximum Gasteiger partial charge on any atom is 0.318 e. The first kappa shape index (κ1) is 23.7. The van der Waals surface area contributed by atoms with Crippen molar-refractivity contribution in [3.63, 3.8) is 0 Å². The normalized spacial score (nSPS) is 11.6. The quantitative estimate of drug-likeness (QED) is 0.477. The summed E-state index contributed by atoms with van der Waals surface area (Å²) < 4.78 is 0. The van der Waals surface area contributed by atoms with Crippen LogP contribution in [0.1, 0.15) is 58.1 Å². The molecule has 0 atom stereocenters. The van der Waals surface area contributed by atoms with Gasteiger partial charge in [-0.05, 0) is 41.7 Å². The van der Waals surface area contributed by atoms with Crippen molar-refractivity contribution in [2.75, 3.05) is 0 Å². The van der Waals surface area contributed by atoms with E-state index in [9.17, 15) is 9.90 Å². The minimum absolute atomic E-state index is 0.0124. The van der Waals surface area contributed by atoms with Gasteiger partial charge in [0.2, 0.25) is 5.91 Å². The molecule has 0 saturated carbocycles. The largest absolute Gasteiger partial charge is 0.479 e. The smallest absolute Gasteiger partial charge is 0.318 e. The van der Waals surface area contributed by atoms with Crippen LogP contribution in [0.5, 0.6) is 6.01 Å². The monoisotopic (exact) mass is 452 g/mol. The lowest BCUT2D eigenvalue weighted by Gasteiger charge is -2.21. The van der Waals surface area contributed by atoms with Crippen molar-refractivity contribution in [1.29, 1.82) is 0 Å². The maximum atomic E-state index is 12.4. The number of hydrogen-bond acceptors (Lipinski definition) is 5. The van der Waals surface area contributed by atoms with Crippen LogP contribution in [0.3, 0.4) is 0 Å². The van der Waals surface area contributed by atoms with Crippen molar-refractivity contribution in [2.45, 2.75) is 53.5 Å². The highest BCUT2D eigenvalue weighted by atomic mass is 35.5. The molecular weight excluding hydrogens is 424 g/mol. The zero-order valence-electron chi connectivity index (χ0n) is 19.1. The Kier molecular flexibility index (Phi) is 7.14. The summed E-state index contributed by atoms with van der Waals surface area (Å²) in [7, 11) is 0. The van der Waals surface area contributed by atoms with Crippen molar-refractivity contribution < 1.29 is 9.90 Å². The highest BCUT2D eigenvalue weighted by Gasteiger charge is 2.24. The number of rotatable bonds is 7. The van der Waals surface area contributed by atoms with E-state index >= 15 is 0 Å². The van der Waals surface area contributed by atoms with Crippen molar-refractivity contribution in [3.8, 4) is 28.8 Å². The van der Waals surface area contributed by atoms with Crippen molar-refractivity contribution in [3.05, 3.63) is 58.6 Å². The molecule has 3 rings (SSSR count). The molecule has 1 aromatic heterocycles. The molecule has 168 valence electrons. The second-order valence-electron chi connectivity index (χ2n) is 8.80. The van der Waals surface area contributed by atoms with Gasteiger partial charge in [0.05, 0.1) is 5.02 Å². The van der Waals surface area contributed by atoms with Crippen LogP contribution in [-0.4, -0.2) is 26.0 Å². The Morgan fingerprint density at radius 3 is 2.50 bits per heavy atom. The van der Waals surface area contributed by atoms with E-state index in [0.717, 1.165) is 23.1 Å². The number of carbonyl (C=O) groups is 1. The number of halogens is 1. The van der Waals surface area contributed by atoms with Crippen LogP contribution in [0.4, 0.5) is 0 Å². The van der Waals surface area contributed by atoms with Crippen molar-refractivity contribution >= 4 is 17.5 Å². The number of amides is 1. The third-order valence-corrected chi connectivity index (χ3v) is 5.99. The van der Waals surface area contributed by atoms with Gasteiger partial charge in [-0.2, -0.15) is 9.97 Å². The molecule has 2 aromatic carbocycles. The molecule has 0 fully saturated rings. The fraction of sp³-hybridized carbons (Fsp3) is 0.360. The SMILES string of the molecule is CCC(C)(C)C(=O)NCc1ccc(Cl)c(-c2nc(O)nc(-c3cccc(C(C)C)c3)n2)c1. The number of hydrogen-bond donors (Lipinski definition) is 2. The molecule has 0 radical (unpaired) electrons. The van der Waals surface area contributed by atoms with Gasteiger partial charge in [-0.15, -0.1) is 0 Å². The first-order valence-electron chi connectivity index (χ1n) is 10.7. The van der Waals surface area contributed by atoms with E-state index in [4.69, 9.17) is 11.6 Å². The molecule has 2 N–H and O–H groups in total. The number of carbonyl (C=O) groups excluding carboxylic acids is 1. The van der Waals surface area contributed by atoms with Crippen LogP contribution in [0.15, 0.2) is 42.5 Å². The van der Waals surface area contributed by atoms with Gasteiger partial charge in [0.1, 0.15) is 0 Å². The lowest BCUT2D eigenvalue weighted by atomic mass is 9.89. The van der Waals surface area contributed by atoms with Crippen LogP contribution in [0.25, 0.3) is 22.8 Å². The Morgan fingerprint density at radius 2 is 1.81 bits per heavy atom. The van der Waals surface area contributed by atoms with Gasteiger partial charge in [-0.1, -0.05) is 70.5 Å². The van der Waals surface area contributed by atoms with E-state index in [0.29, 0.717) is 28.9 Å². The van der Waals surface area contributed by atoms with E-state index in [1.54, 1.807) is 6.07 Å². The third kappa shape index (κ3) is 5.43. The number of nitrogens with one attached hydrogen (secondary N) is 1. The average Bonchev–Trinajstić information content (AvgIpc) is 2.77. The minimum Gasteiger partial charge on any atom is -0.479 e. The molecule has 32 heavy (non-hydrogen) atoms. The minimum atomic E-state index is -0.436. The van der Waals surface area contributed by atoms with Gasteiger partial charge in [0.25, 0.3) is 0 Å². The summed E-state index contributed by atoms with van der Waals surface area (Å²) in [5.74, 6) is 0.981. The van der Waals surface area contributed by atoms with Crippen molar-refractivity contribution in [1.82, 2.24) is 20.3 Å². The zero-order chi connectivity index (χ0) is 23.5. The highest BCUT2D eigenvalue weighted by molar-refractivity contribution is 6.33. The van der Waals surface area contributed by atoms with E-state index in [2.05, 4.69) is 34.1 Å². The first-order chi connectivity index (χ1) is 15.1. The zero-order valence-corrected chi connectivity index (χ0v) is 19.9. The van der Waals surface area contributed by atoms with Crippen LogP contribution >= 0.6 is 11.6 Å². The van der Waals surface area contributed by atoms with Gasteiger partial charge in [-0.25, -0.2) is 4.98 Å². The van der Waals surface area contributed by atoms with Crippen molar-refractivity contribution in [2.24, 2.45) is 5.41 Å². The number of aromatic hydroxyl groups is 1. The second kappa shape index (κ2) is 9.65. The van der Waals surface area contributed by atoms with Crippen LogP contribution in [-0.2, 0) is 11.3 Å². The lowest BCUT2D eigenvalue weighted by molar-refractivity contribution is -0.129. The molecule has 0 aliphatic rings.